The molecule has 2 rings (SSSR count). The highest BCUT2D eigenvalue weighted by atomic mass is 35.5. The van der Waals surface area contributed by atoms with E-state index in [4.69, 9.17) is 16.7 Å². The van der Waals surface area contributed by atoms with Crippen LogP contribution < -0.4 is 4.90 Å². The summed E-state index contributed by atoms with van der Waals surface area (Å²) in [4.78, 5) is 36.2. The summed E-state index contributed by atoms with van der Waals surface area (Å²) in [5.74, 6) is -2.04. The molecule has 0 unspecified atom stereocenters. The lowest BCUT2D eigenvalue weighted by Crippen LogP contribution is -2.34. The van der Waals surface area contributed by atoms with Crippen LogP contribution >= 0.6 is 11.6 Å². The van der Waals surface area contributed by atoms with Crippen LogP contribution in [-0.4, -0.2) is 22.9 Å². The van der Waals surface area contributed by atoms with Gasteiger partial charge in [-0.05, 0) is 18.2 Å². The number of rotatable bonds is 2. The van der Waals surface area contributed by atoms with Gasteiger partial charge >= 0.3 is 5.97 Å². The molecule has 6 heteroatoms. The Labute approximate surface area is 114 Å². The second kappa shape index (κ2) is 4.35. The third-order valence-corrected chi connectivity index (χ3v) is 3.29. The Kier molecular flexibility index (Phi) is 3.10. The van der Waals surface area contributed by atoms with E-state index < -0.39 is 23.2 Å². The molecule has 1 aromatic carbocycles. The van der Waals surface area contributed by atoms with Crippen molar-refractivity contribution >= 4 is 35.1 Å². The maximum atomic E-state index is 12.2. The molecule has 0 radical (unpaired) electrons. The van der Waals surface area contributed by atoms with Gasteiger partial charge in [0.05, 0.1) is 16.7 Å². The standard InChI is InChI=1S/C13H12ClNO4/c1-13(2)6-10(16)15(12(13)19)9-4-3-7(14)5-8(9)11(17)18/h3-5H,6H2,1-2H3,(H,17,18). The van der Waals surface area contributed by atoms with Gasteiger partial charge in [0.2, 0.25) is 11.8 Å². The van der Waals surface area contributed by atoms with Crippen LogP contribution in [0.1, 0.15) is 30.6 Å². The highest BCUT2D eigenvalue weighted by molar-refractivity contribution is 6.31. The molecule has 2 amide bonds. The molecule has 0 spiro atoms. The van der Waals surface area contributed by atoms with E-state index in [1.165, 1.54) is 18.2 Å². The average molecular weight is 282 g/mol. The Hall–Kier alpha value is -1.88. The molecule has 0 saturated carbocycles. The highest BCUT2D eigenvalue weighted by Crippen LogP contribution is 2.37. The number of carboxylic acids is 1. The van der Waals surface area contributed by atoms with Crippen molar-refractivity contribution in [2.75, 3.05) is 4.90 Å². The molecule has 1 saturated heterocycles. The maximum absolute atomic E-state index is 12.2. The van der Waals surface area contributed by atoms with Crippen molar-refractivity contribution in [2.24, 2.45) is 5.41 Å². The maximum Gasteiger partial charge on any atom is 0.337 e. The fraction of sp³-hybridized carbons (Fsp3) is 0.308. The first kappa shape index (κ1) is 13.5. The number of amides is 2. The van der Waals surface area contributed by atoms with Gasteiger partial charge in [0.1, 0.15) is 0 Å². The van der Waals surface area contributed by atoms with Crippen LogP contribution in [0.4, 0.5) is 5.69 Å². The zero-order valence-electron chi connectivity index (χ0n) is 10.4. The van der Waals surface area contributed by atoms with Gasteiger partial charge in [-0.1, -0.05) is 25.4 Å². The molecule has 0 atom stereocenters. The van der Waals surface area contributed by atoms with E-state index in [1.54, 1.807) is 13.8 Å². The zero-order valence-corrected chi connectivity index (χ0v) is 11.2. The van der Waals surface area contributed by atoms with Crippen molar-refractivity contribution in [1.29, 1.82) is 0 Å². The summed E-state index contributed by atoms with van der Waals surface area (Å²) in [5, 5.41) is 9.38. The third-order valence-electron chi connectivity index (χ3n) is 3.05. The van der Waals surface area contributed by atoms with Crippen LogP contribution in [0, 0.1) is 5.41 Å². The van der Waals surface area contributed by atoms with Gasteiger partial charge in [-0.25, -0.2) is 9.69 Å². The summed E-state index contributed by atoms with van der Waals surface area (Å²) in [6, 6.07) is 4.06. The summed E-state index contributed by atoms with van der Waals surface area (Å²) < 4.78 is 0. The number of carbonyl (C=O) groups is 3. The lowest BCUT2D eigenvalue weighted by atomic mass is 9.92. The molecule has 1 aliphatic heterocycles. The number of nitrogens with zero attached hydrogens (tertiary/aromatic N) is 1. The third kappa shape index (κ3) is 2.21. The molecule has 0 bridgehead atoms. The number of imide groups is 1. The molecule has 0 aliphatic carbocycles. The number of carbonyl (C=O) groups excluding carboxylic acids is 2. The van der Waals surface area contributed by atoms with Gasteiger partial charge in [-0.3, -0.25) is 9.59 Å². The fourth-order valence-electron chi connectivity index (χ4n) is 2.07. The second-order valence-electron chi connectivity index (χ2n) is 5.06. The number of carboxylic acid groups (broad SMARTS) is 1. The molecule has 0 aromatic heterocycles. The largest absolute Gasteiger partial charge is 0.478 e. The van der Waals surface area contributed by atoms with E-state index in [2.05, 4.69) is 0 Å². The summed E-state index contributed by atoms with van der Waals surface area (Å²) in [7, 11) is 0. The molecule has 1 N–H and O–H groups in total. The lowest BCUT2D eigenvalue weighted by Gasteiger charge is -2.19. The van der Waals surface area contributed by atoms with Gasteiger partial charge in [-0.2, -0.15) is 0 Å². The fourth-order valence-corrected chi connectivity index (χ4v) is 2.24. The number of hydrogen-bond acceptors (Lipinski definition) is 3. The van der Waals surface area contributed by atoms with E-state index in [1.807, 2.05) is 0 Å². The van der Waals surface area contributed by atoms with Crippen LogP contribution in [0.15, 0.2) is 18.2 Å². The van der Waals surface area contributed by atoms with Crippen LogP contribution in [-0.2, 0) is 9.59 Å². The SMILES string of the molecule is CC1(C)CC(=O)N(c2ccc(Cl)cc2C(=O)O)C1=O. The van der Waals surface area contributed by atoms with Gasteiger partial charge in [0, 0.05) is 11.4 Å². The summed E-state index contributed by atoms with van der Waals surface area (Å²) in [6.45, 7) is 3.31. The molecule has 100 valence electrons. The van der Waals surface area contributed by atoms with Crippen molar-refractivity contribution in [2.45, 2.75) is 20.3 Å². The minimum atomic E-state index is -1.23. The minimum Gasteiger partial charge on any atom is -0.478 e. The van der Waals surface area contributed by atoms with Crippen LogP contribution in [0.5, 0.6) is 0 Å². The number of hydrogen-bond donors (Lipinski definition) is 1. The van der Waals surface area contributed by atoms with Gasteiger partial charge in [-0.15, -0.1) is 0 Å². The first-order valence-electron chi connectivity index (χ1n) is 5.64. The van der Waals surface area contributed by atoms with E-state index in [-0.39, 0.29) is 22.7 Å². The van der Waals surface area contributed by atoms with E-state index >= 15 is 0 Å². The summed E-state index contributed by atoms with van der Waals surface area (Å²) in [5.41, 5.74) is -0.906. The summed E-state index contributed by atoms with van der Waals surface area (Å²) in [6.07, 6.45) is 0.0630. The predicted octanol–water partition coefficient (Wildman–Crippen LogP) is 2.33. The second-order valence-corrected chi connectivity index (χ2v) is 5.50. The van der Waals surface area contributed by atoms with Gasteiger partial charge < -0.3 is 5.11 Å². The normalized spacial score (nSPS) is 17.9. The molecule has 1 aliphatic rings. The highest BCUT2D eigenvalue weighted by Gasteiger charge is 2.46. The quantitative estimate of drug-likeness (QED) is 0.844. The molecule has 1 fully saturated rings. The number of halogens is 1. The Morgan fingerprint density at radius 1 is 1.37 bits per heavy atom. The van der Waals surface area contributed by atoms with E-state index in [0.29, 0.717) is 0 Å². The van der Waals surface area contributed by atoms with Crippen molar-refractivity contribution in [3.63, 3.8) is 0 Å². The van der Waals surface area contributed by atoms with Crippen molar-refractivity contribution in [3.05, 3.63) is 28.8 Å². The summed E-state index contributed by atoms with van der Waals surface area (Å²) >= 11 is 5.74. The Morgan fingerprint density at radius 2 is 2.00 bits per heavy atom. The van der Waals surface area contributed by atoms with E-state index in [0.717, 1.165) is 4.90 Å². The van der Waals surface area contributed by atoms with Crippen LogP contribution in [0.2, 0.25) is 5.02 Å². The monoisotopic (exact) mass is 281 g/mol. The zero-order chi connectivity index (χ0) is 14.4. The number of aromatic carboxylic acids is 1. The number of benzene rings is 1. The lowest BCUT2D eigenvalue weighted by molar-refractivity contribution is -0.124. The van der Waals surface area contributed by atoms with Crippen LogP contribution in [0.3, 0.4) is 0 Å². The average Bonchev–Trinajstić information content (AvgIpc) is 2.49. The van der Waals surface area contributed by atoms with Crippen LogP contribution in [0.25, 0.3) is 0 Å². The van der Waals surface area contributed by atoms with E-state index in [9.17, 15) is 14.4 Å². The number of anilines is 1. The topological polar surface area (TPSA) is 74.7 Å². The minimum absolute atomic E-state index is 0.0630. The molecular weight excluding hydrogens is 270 g/mol. The smallest absolute Gasteiger partial charge is 0.337 e. The molecule has 1 heterocycles. The predicted molar refractivity (Wildman–Crippen MR) is 69.3 cm³/mol. The Bertz CT molecular complexity index is 594. The first-order valence-corrected chi connectivity index (χ1v) is 6.02. The molecule has 19 heavy (non-hydrogen) atoms. The Morgan fingerprint density at radius 3 is 2.47 bits per heavy atom. The van der Waals surface area contributed by atoms with Crippen molar-refractivity contribution in [1.82, 2.24) is 0 Å². The van der Waals surface area contributed by atoms with Gasteiger partial charge in [0.15, 0.2) is 0 Å². The van der Waals surface area contributed by atoms with Crippen molar-refractivity contribution in [3.8, 4) is 0 Å². The first-order chi connectivity index (χ1) is 8.74. The Balaban J connectivity index is 2.57. The molecule has 1 aromatic rings. The van der Waals surface area contributed by atoms with Crippen molar-refractivity contribution < 1.29 is 19.5 Å². The van der Waals surface area contributed by atoms with Gasteiger partial charge in [0.25, 0.3) is 0 Å². The molecular formula is C13H12ClNO4. The molecule has 5 nitrogen and oxygen atoms in total.